The summed E-state index contributed by atoms with van der Waals surface area (Å²) in [7, 11) is 1.65. The fraction of sp³-hybridized carbons (Fsp3) is 0.333. The summed E-state index contributed by atoms with van der Waals surface area (Å²) < 4.78 is 5.21. The number of nitrogens with one attached hydrogen (secondary N) is 1. The normalized spacial score (nSPS) is 17.8. The summed E-state index contributed by atoms with van der Waals surface area (Å²) in [6.45, 7) is 4.15. The van der Waals surface area contributed by atoms with E-state index in [2.05, 4.69) is 10.3 Å². The molecular formula is C18H21N3O2. The summed E-state index contributed by atoms with van der Waals surface area (Å²) >= 11 is 0. The van der Waals surface area contributed by atoms with E-state index in [0.29, 0.717) is 12.1 Å². The Morgan fingerprint density at radius 1 is 1.26 bits per heavy atom. The van der Waals surface area contributed by atoms with Crippen molar-refractivity contribution < 1.29 is 9.53 Å². The molecule has 1 aliphatic rings. The summed E-state index contributed by atoms with van der Waals surface area (Å²) in [5, 5.41) is 3.37. The number of carbonyl (C=O) groups is 1. The van der Waals surface area contributed by atoms with Crippen molar-refractivity contribution in [1.29, 1.82) is 0 Å². The number of hydrogen-bond donors (Lipinski definition) is 1. The monoisotopic (exact) mass is 311 g/mol. The van der Waals surface area contributed by atoms with Crippen LogP contribution < -0.4 is 10.1 Å². The molecule has 1 N–H and O–H groups in total. The number of amides is 1. The largest absolute Gasteiger partial charge is 0.497 e. The molecule has 1 aromatic heterocycles. The molecule has 3 rings (SSSR count). The van der Waals surface area contributed by atoms with Crippen molar-refractivity contribution in [2.24, 2.45) is 0 Å². The molecule has 0 bridgehead atoms. The Labute approximate surface area is 136 Å². The Kier molecular flexibility index (Phi) is 4.57. The summed E-state index contributed by atoms with van der Waals surface area (Å²) in [6, 6.07) is 11.6. The van der Waals surface area contributed by atoms with E-state index in [1.165, 1.54) is 0 Å². The minimum Gasteiger partial charge on any atom is -0.497 e. The van der Waals surface area contributed by atoms with Crippen molar-refractivity contribution in [3.8, 4) is 5.75 Å². The van der Waals surface area contributed by atoms with Crippen molar-refractivity contribution in [1.82, 2.24) is 15.2 Å². The Hall–Kier alpha value is -2.40. The quantitative estimate of drug-likeness (QED) is 0.944. The van der Waals surface area contributed by atoms with Gasteiger partial charge >= 0.3 is 0 Å². The van der Waals surface area contributed by atoms with Gasteiger partial charge in [-0.25, -0.2) is 0 Å². The number of rotatable bonds is 3. The van der Waals surface area contributed by atoms with Crippen LogP contribution in [0.25, 0.3) is 0 Å². The van der Waals surface area contributed by atoms with Gasteiger partial charge in [0, 0.05) is 31.5 Å². The number of aromatic nitrogens is 1. The summed E-state index contributed by atoms with van der Waals surface area (Å²) in [5.74, 6) is 0.845. The number of methoxy groups -OCH3 is 1. The number of ether oxygens (including phenoxy) is 1. The van der Waals surface area contributed by atoms with Crippen molar-refractivity contribution in [3.63, 3.8) is 0 Å². The molecule has 0 saturated carbocycles. The van der Waals surface area contributed by atoms with Gasteiger partial charge in [0.1, 0.15) is 5.75 Å². The second-order valence-electron chi connectivity index (χ2n) is 5.68. The number of benzene rings is 1. The van der Waals surface area contributed by atoms with Gasteiger partial charge in [-0.2, -0.15) is 0 Å². The van der Waals surface area contributed by atoms with Crippen LogP contribution >= 0.6 is 0 Å². The van der Waals surface area contributed by atoms with Gasteiger partial charge in [-0.3, -0.25) is 9.78 Å². The molecule has 23 heavy (non-hydrogen) atoms. The van der Waals surface area contributed by atoms with E-state index < -0.39 is 0 Å². The van der Waals surface area contributed by atoms with Crippen LogP contribution in [0.2, 0.25) is 0 Å². The number of piperazine rings is 1. The third-order valence-electron chi connectivity index (χ3n) is 4.16. The van der Waals surface area contributed by atoms with E-state index in [-0.39, 0.29) is 11.9 Å². The number of hydrogen-bond acceptors (Lipinski definition) is 4. The highest BCUT2D eigenvalue weighted by atomic mass is 16.5. The lowest BCUT2D eigenvalue weighted by Crippen LogP contribution is -2.48. The van der Waals surface area contributed by atoms with Crippen LogP contribution in [0.3, 0.4) is 0 Å². The Morgan fingerprint density at radius 2 is 2.04 bits per heavy atom. The van der Waals surface area contributed by atoms with Gasteiger partial charge in [0.2, 0.25) is 0 Å². The highest BCUT2D eigenvalue weighted by Crippen LogP contribution is 2.25. The molecule has 1 amide bonds. The Balaban J connectivity index is 1.85. The average molecular weight is 311 g/mol. The molecule has 2 aromatic rings. The average Bonchev–Trinajstić information content (AvgIpc) is 2.62. The van der Waals surface area contributed by atoms with Gasteiger partial charge in [0.05, 0.1) is 18.7 Å². The predicted molar refractivity (Wildman–Crippen MR) is 88.6 cm³/mol. The molecule has 1 fully saturated rings. The maximum Gasteiger partial charge on any atom is 0.256 e. The molecule has 1 saturated heterocycles. The van der Waals surface area contributed by atoms with Gasteiger partial charge in [-0.05, 0) is 36.8 Å². The fourth-order valence-corrected chi connectivity index (χ4v) is 2.83. The molecule has 5 heteroatoms. The minimum absolute atomic E-state index is 0.0171. The third-order valence-corrected chi connectivity index (χ3v) is 4.16. The smallest absolute Gasteiger partial charge is 0.256 e. The van der Waals surface area contributed by atoms with Crippen LogP contribution in [0.1, 0.15) is 27.7 Å². The zero-order valence-corrected chi connectivity index (χ0v) is 13.5. The first-order valence-corrected chi connectivity index (χ1v) is 7.77. The topological polar surface area (TPSA) is 54.5 Å². The molecule has 1 aliphatic heterocycles. The number of nitrogens with zero attached hydrogens (tertiary/aromatic N) is 2. The fourth-order valence-electron chi connectivity index (χ4n) is 2.83. The van der Waals surface area contributed by atoms with Crippen LogP contribution in [-0.4, -0.2) is 42.5 Å². The van der Waals surface area contributed by atoms with E-state index >= 15 is 0 Å². The van der Waals surface area contributed by atoms with E-state index in [1.807, 2.05) is 48.2 Å². The maximum absolute atomic E-state index is 12.9. The van der Waals surface area contributed by atoms with Crippen molar-refractivity contribution in [2.45, 2.75) is 13.0 Å². The summed E-state index contributed by atoms with van der Waals surface area (Å²) in [5.41, 5.74) is 2.65. The first-order valence-electron chi connectivity index (χ1n) is 7.77. The summed E-state index contributed by atoms with van der Waals surface area (Å²) in [4.78, 5) is 19.0. The molecular weight excluding hydrogens is 290 g/mol. The molecule has 1 aromatic carbocycles. The predicted octanol–water partition coefficient (Wildman–Crippen LogP) is 2.19. The van der Waals surface area contributed by atoms with Crippen molar-refractivity contribution >= 4 is 5.91 Å². The molecule has 0 spiro atoms. The van der Waals surface area contributed by atoms with Gasteiger partial charge in [0.15, 0.2) is 0 Å². The Morgan fingerprint density at radius 3 is 2.70 bits per heavy atom. The molecule has 1 unspecified atom stereocenters. The van der Waals surface area contributed by atoms with Crippen LogP contribution in [0, 0.1) is 6.92 Å². The highest BCUT2D eigenvalue weighted by molar-refractivity contribution is 5.94. The lowest BCUT2D eigenvalue weighted by atomic mass is 10.0. The molecule has 120 valence electrons. The Bertz CT molecular complexity index is 668. The second kappa shape index (κ2) is 6.79. The van der Waals surface area contributed by atoms with Crippen LogP contribution in [-0.2, 0) is 0 Å². The van der Waals surface area contributed by atoms with E-state index in [0.717, 1.165) is 30.1 Å². The number of aryl methyl sites for hydroxylation is 1. The zero-order valence-electron chi connectivity index (χ0n) is 13.5. The van der Waals surface area contributed by atoms with Gasteiger partial charge < -0.3 is 15.0 Å². The number of carbonyl (C=O) groups excluding carboxylic acids is 1. The first kappa shape index (κ1) is 15.5. The van der Waals surface area contributed by atoms with Gasteiger partial charge in [-0.1, -0.05) is 12.1 Å². The second-order valence-corrected chi connectivity index (χ2v) is 5.68. The zero-order chi connectivity index (χ0) is 16.2. The standard InChI is InChI=1S/C18H21N3O2/c1-13-3-4-15(11-20-13)18(22)21-10-9-19-12-17(21)14-5-7-16(23-2)8-6-14/h3-8,11,17,19H,9-10,12H2,1-2H3. The van der Waals surface area contributed by atoms with Crippen LogP contribution in [0.15, 0.2) is 42.6 Å². The first-order chi connectivity index (χ1) is 11.2. The van der Waals surface area contributed by atoms with E-state index in [1.54, 1.807) is 13.3 Å². The van der Waals surface area contributed by atoms with Crippen molar-refractivity contribution in [2.75, 3.05) is 26.7 Å². The molecule has 1 atom stereocenters. The lowest BCUT2D eigenvalue weighted by molar-refractivity contribution is 0.0634. The molecule has 0 aliphatic carbocycles. The van der Waals surface area contributed by atoms with Crippen molar-refractivity contribution in [3.05, 3.63) is 59.4 Å². The molecule has 2 heterocycles. The third kappa shape index (κ3) is 3.35. The summed E-state index contributed by atoms with van der Waals surface area (Å²) in [6.07, 6.45) is 1.66. The van der Waals surface area contributed by atoms with Crippen LogP contribution in [0.5, 0.6) is 5.75 Å². The minimum atomic E-state index is 0.0171. The van der Waals surface area contributed by atoms with Gasteiger partial charge in [-0.15, -0.1) is 0 Å². The van der Waals surface area contributed by atoms with Crippen LogP contribution in [0.4, 0.5) is 0 Å². The SMILES string of the molecule is COc1ccc(C2CNCCN2C(=O)c2ccc(C)nc2)cc1. The van der Waals surface area contributed by atoms with E-state index in [4.69, 9.17) is 4.74 Å². The highest BCUT2D eigenvalue weighted by Gasteiger charge is 2.28. The lowest BCUT2D eigenvalue weighted by Gasteiger charge is -2.36. The molecule has 5 nitrogen and oxygen atoms in total. The number of pyridine rings is 1. The van der Waals surface area contributed by atoms with E-state index in [9.17, 15) is 4.79 Å². The van der Waals surface area contributed by atoms with Gasteiger partial charge in [0.25, 0.3) is 5.91 Å². The molecule has 0 radical (unpaired) electrons. The maximum atomic E-state index is 12.9.